The van der Waals surface area contributed by atoms with Gasteiger partial charge in [-0.2, -0.15) is 5.26 Å². The fourth-order valence-electron chi connectivity index (χ4n) is 3.56. The van der Waals surface area contributed by atoms with Gasteiger partial charge >= 0.3 is 0 Å². The van der Waals surface area contributed by atoms with Gasteiger partial charge in [-0.25, -0.2) is 4.98 Å². The molecule has 146 valence electrons. The largest absolute Gasteiger partial charge is 0.293 e. The zero-order chi connectivity index (χ0) is 20.4. The van der Waals surface area contributed by atoms with E-state index in [-0.39, 0.29) is 11.5 Å². The normalized spacial score (nSPS) is 13.0. The molecule has 0 amide bonds. The summed E-state index contributed by atoms with van der Waals surface area (Å²) in [4.78, 5) is 18.6. The standard InChI is InChI=1S/C22H16Cl2N2OS2/c23-13-7-8-16(18(24)10-13)19(27)12-29-22-17(11-25)14-4-1-2-5-15(14)21(26-22)20-6-3-9-28-20/h3,6-10H,1-2,4-5,12H2. The van der Waals surface area contributed by atoms with Crippen LogP contribution in [0.15, 0.2) is 40.7 Å². The Morgan fingerprint density at radius 3 is 2.69 bits per heavy atom. The van der Waals surface area contributed by atoms with Gasteiger partial charge in [-0.15, -0.1) is 11.3 Å². The number of nitrogens with zero attached hydrogens (tertiary/aromatic N) is 2. The molecule has 0 aliphatic heterocycles. The van der Waals surface area contributed by atoms with Crippen LogP contribution in [0.25, 0.3) is 10.6 Å². The van der Waals surface area contributed by atoms with Crippen LogP contribution in [0.5, 0.6) is 0 Å². The molecule has 2 heterocycles. The number of hydrogen-bond donors (Lipinski definition) is 0. The molecule has 1 aromatic carbocycles. The highest BCUT2D eigenvalue weighted by atomic mass is 35.5. The number of aromatic nitrogens is 1. The molecule has 1 aliphatic rings. The van der Waals surface area contributed by atoms with Crippen molar-refractivity contribution in [2.75, 3.05) is 5.75 Å². The Morgan fingerprint density at radius 1 is 1.21 bits per heavy atom. The molecule has 0 radical (unpaired) electrons. The zero-order valence-electron chi connectivity index (χ0n) is 15.4. The summed E-state index contributed by atoms with van der Waals surface area (Å²) in [5.41, 5.74) is 4.27. The molecule has 3 nitrogen and oxygen atoms in total. The minimum absolute atomic E-state index is 0.113. The third kappa shape index (κ3) is 4.22. The molecule has 0 N–H and O–H groups in total. The van der Waals surface area contributed by atoms with Crippen LogP contribution in [0.4, 0.5) is 0 Å². The Hall–Kier alpha value is -1.84. The maximum absolute atomic E-state index is 12.7. The quantitative estimate of drug-likeness (QED) is 0.310. The molecule has 0 saturated heterocycles. The van der Waals surface area contributed by atoms with Crippen LogP contribution in [0, 0.1) is 11.3 Å². The van der Waals surface area contributed by atoms with Gasteiger partial charge in [-0.1, -0.05) is 41.0 Å². The lowest BCUT2D eigenvalue weighted by atomic mass is 9.88. The van der Waals surface area contributed by atoms with Crippen LogP contribution >= 0.6 is 46.3 Å². The number of thioether (sulfide) groups is 1. The Kier molecular flexibility index (Phi) is 6.26. The van der Waals surface area contributed by atoms with E-state index in [1.165, 1.54) is 17.3 Å². The minimum Gasteiger partial charge on any atom is -0.293 e. The number of halogens is 2. The average Bonchev–Trinajstić information content (AvgIpc) is 3.25. The predicted molar refractivity (Wildman–Crippen MR) is 120 cm³/mol. The van der Waals surface area contributed by atoms with Gasteiger partial charge in [0.15, 0.2) is 5.78 Å². The molecule has 7 heteroatoms. The molecule has 0 spiro atoms. The Bertz CT molecular complexity index is 1120. The van der Waals surface area contributed by atoms with Crippen molar-refractivity contribution >= 4 is 52.1 Å². The Morgan fingerprint density at radius 2 is 2.00 bits per heavy atom. The van der Waals surface area contributed by atoms with Gasteiger partial charge in [0.1, 0.15) is 11.1 Å². The summed E-state index contributed by atoms with van der Waals surface area (Å²) in [6.45, 7) is 0. The summed E-state index contributed by atoms with van der Waals surface area (Å²) in [5, 5.41) is 13.3. The number of ketones is 1. The van der Waals surface area contributed by atoms with E-state index in [0.29, 0.717) is 26.2 Å². The van der Waals surface area contributed by atoms with Crippen molar-refractivity contribution in [3.8, 4) is 16.6 Å². The van der Waals surface area contributed by atoms with Gasteiger partial charge < -0.3 is 0 Å². The van der Waals surface area contributed by atoms with E-state index < -0.39 is 0 Å². The number of carbonyl (C=O) groups is 1. The summed E-state index contributed by atoms with van der Waals surface area (Å²) in [5.74, 6) is 0.0452. The fraction of sp³-hybridized carbons (Fsp3) is 0.227. The highest BCUT2D eigenvalue weighted by Gasteiger charge is 2.24. The predicted octanol–water partition coefficient (Wildman–Crippen LogP) is 6.84. The van der Waals surface area contributed by atoms with Crippen LogP contribution in [-0.4, -0.2) is 16.5 Å². The lowest BCUT2D eigenvalue weighted by molar-refractivity contribution is 0.102. The molecule has 29 heavy (non-hydrogen) atoms. The maximum atomic E-state index is 12.7. The summed E-state index contributed by atoms with van der Waals surface area (Å²) in [7, 11) is 0. The van der Waals surface area contributed by atoms with Crippen LogP contribution in [-0.2, 0) is 12.8 Å². The number of carbonyl (C=O) groups excluding carboxylic acids is 1. The molecule has 0 fully saturated rings. The van der Waals surface area contributed by atoms with E-state index in [0.717, 1.165) is 41.8 Å². The first-order valence-corrected chi connectivity index (χ1v) is 11.8. The zero-order valence-corrected chi connectivity index (χ0v) is 18.5. The average molecular weight is 459 g/mol. The van der Waals surface area contributed by atoms with E-state index in [1.807, 2.05) is 11.4 Å². The fourth-order valence-corrected chi connectivity index (χ4v) is 5.71. The number of fused-ring (bicyclic) bond motifs is 1. The molecule has 2 aromatic heterocycles. The molecule has 0 unspecified atom stereocenters. The number of nitriles is 1. The third-order valence-corrected chi connectivity index (χ3v) is 7.32. The molecular weight excluding hydrogens is 443 g/mol. The van der Waals surface area contributed by atoms with Crippen LogP contribution in [0.2, 0.25) is 10.0 Å². The Balaban J connectivity index is 1.69. The first-order valence-electron chi connectivity index (χ1n) is 9.19. The first kappa shape index (κ1) is 20.4. The van der Waals surface area contributed by atoms with E-state index in [2.05, 4.69) is 12.1 Å². The molecule has 0 atom stereocenters. The van der Waals surface area contributed by atoms with Gasteiger partial charge in [0.05, 0.1) is 26.9 Å². The van der Waals surface area contributed by atoms with Crippen molar-refractivity contribution in [2.45, 2.75) is 30.7 Å². The second-order valence-corrected chi connectivity index (χ2v) is 9.49. The van der Waals surface area contributed by atoms with Crippen LogP contribution < -0.4 is 0 Å². The first-order chi connectivity index (χ1) is 14.1. The molecule has 1 aliphatic carbocycles. The van der Waals surface area contributed by atoms with Crippen molar-refractivity contribution in [3.05, 3.63) is 68.0 Å². The van der Waals surface area contributed by atoms with Gasteiger partial charge in [-0.05, 0) is 66.5 Å². The monoisotopic (exact) mass is 458 g/mol. The number of pyridine rings is 1. The van der Waals surface area contributed by atoms with E-state index in [9.17, 15) is 10.1 Å². The topological polar surface area (TPSA) is 53.8 Å². The number of benzene rings is 1. The number of thiophene rings is 1. The number of Topliss-reactive ketones (excluding diaryl/α,β-unsaturated/α-hetero) is 1. The van der Waals surface area contributed by atoms with Gasteiger partial charge in [0, 0.05) is 10.6 Å². The summed E-state index contributed by atoms with van der Waals surface area (Å²) in [6, 6.07) is 11.3. The Labute approximate surface area is 187 Å². The van der Waals surface area contributed by atoms with Crippen molar-refractivity contribution in [1.29, 1.82) is 5.26 Å². The molecule has 3 aromatic rings. The minimum atomic E-state index is -0.113. The third-order valence-electron chi connectivity index (χ3n) is 4.92. The SMILES string of the molecule is N#Cc1c(SCC(=O)c2ccc(Cl)cc2Cl)nc(-c2cccs2)c2c1CCCC2. The maximum Gasteiger partial charge on any atom is 0.174 e. The van der Waals surface area contributed by atoms with Crippen molar-refractivity contribution in [1.82, 2.24) is 4.98 Å². The summed E-state index contributed by atoms with van der Waals surface area (Å²) < 4.78 is 0. The lowest BCUT2D eigenvalue weighted by Gasteiger charge is -2.21. The smallest absolute Gasteiger partial charge is 0.174 e. The van der Waals surface area contributed by atoms with E-state index in [4.69, 9.17) is 28.2 Å². The summed E-state index contributed by atoms with van der Waals surface area (Å²) >= 11 is 15.0. The second kappa shape index (κ2) is 8.89. The lowest BCUT2D eigenvalue weighted by Crippen LogP contribution is -2.11. The van der Waals surface area contributed by atoms with E-state index >= 15 is 0 Å². The van der Waals surface area contributed by atoms with Gasteiger partial charge in [0.25, 0.3) is 0 Å². The van der Waals surface area contributed by atoms with Crippen LogP contribution in [0.1, 0.15) is 39.9 Å². The highest BCUT2D eigenvalue weighted by Crippen LogP contribution is 2.38. The molecule has 0 bridgehead atoms. The van der Waals surface area contributed by atoms with Gasteiger partial charge in [0.2, 0.25) is 0 Å². The highest BCUT2D eigenvalue weighted by molar-refractivity contribution is 8.00. The van der Waals surface area contributed by atoms with Gasteiger partial charge in [-0.3, -0.25) is 4.79 Å². The molecular formula is C22H16Cl2N2OS2. The molecule has 4 rings (SSSR count). The molecule has 0 saturated carbocycles. The van der Waals surface area contributed by atoms with E-state index in [1.54, 1.807) is 29.5 Å². The number of hydrogen-bond acceptors (Lipinski definition) is 5. The summed E-state index contributed by atoms with van der Waals surface area (Å²) in [6.07, 6.45) is 4.00. The number of rotatable bonds is 5. The van der Waals surface area contributed by atoms with Crippen molar-refractivity contribution < 1.29 is 4.79 Å². The second-order valence-electron chi connectivity index (χ2n) is 6.73. The van der Waals surface area contributed by atoms with Crippen molar-refractivity contribution in [2.24, 2.45) is 0 Å². The van der Waals surface area contributed by atoms with Crippen molar-refractivity contribution in [3.63, 3.8) is 0 Å². The van der Waals surface area contributed by atoms with Crippen LogP contribution in [0.3, 0.4) is 0 Å².